The minimum atomic E-state index is -0.0784. The molecule has 5 heteroatoms. The third-order valence-electron chi connectivity index (χ3n) is 3.96. The number of hydrogen-bond donors (Lipinski definition) is 2. The van der Waals surface area contributed by atoms with Crippen molar-refractivity contribution in [2.45, 2.75) is 45.1 Å². The molecule has 2 atom stereocenters. The SMILES string of the molecule is COc1cc(C)sc1C(=O)NC1CCCCCC1CO. The number of aliphatic hydroxyl groups excluding tert-OH is 1. The minimum Gasteiger partial charge on any atom is -0.495 e. The van der Waals surface area contributed by atoms with E-state index >= 15 is 0 Å². The molecule has 1 aliphatic rings. The van der Waals surface area contributed by atoms with Crippen LogP contribution in [0.3, 0.4) is 0 Å². The lowest BCUT2D eigenvalue weighted by Gasteiger charge is -2.24. The maximum atomic E-state index is 12.4. The van der Waals surface area contributed by atoms with Crippen LogP contribution in [0.15, 0.2) is 6.07 Å². The van der Waals surface area contributed by atoms with Crippen LogP contribution in [0.4, 0.5) is 0 Å². The molecule has 0 radical (unpaired) electrons. The Bertz CT molecular complexity index is 458. The molecule has 0 aromatic carbocycles. The summed E-state index contributed by atoms with van der Waals surface area (Å²) < 4.78 is 5.25. The number of carbonyl (C=O) groups excluding carboxylic acids is 1. The van der Waals surface area contributed by atoms with Crippen molar-refractivity contribution in [3.05, 3.63) is 15.8 Å². The highest BCUT2D eigenvalue weighted by Crippen LogP contribution is 2.29. The summed E-state index contributed by atoms with van der Waals surface area (Å²) >= 11 is 1.45. The summed E-state index contributed by atoms with van der Waals surface area (Å²) in [6, 6.07) is 1.96. The average molecular weight is 297 g/mol. The van der Waals surface area contributed by atoms with Crippen LogP contribution in [-0.2, 0) is 0 Å². The fraction of sp³-hybridized carbons (Fsp3) is 0.667. The number of nitrogens with one attached hydrogen (secondary N) is 1. The quantitative estimate of drug-likeness (QED) is 0.840. The molecule has 2 unspecified atom stereocenters. The number of hydrogen-bond acceptors (Lipinski definition) is 4. The van der Waals surface area contributed by atoms with Gasteiger partial charge in [0.05, 0.1) is 7.11 Å². The predicted octanol–water partition coefficient (Wildman–Crippen LogP) is 2.74. The number of ether oxygens (including phenoxy) is 1. The molecule has 1 aliphatic carbocycles. The van der Waals surface area contributed by atoms with E-state index in [0.29, 0.717) is 10.6 Å². The highest BCUT2D eigenvalue weighted by atomic mass is 32.1. The van der Waals surface area contributed by atoms with E-state index in [9.17, 15) is 9.90 Å². The first-order valence-electron chi connectivity index (χ1n) is 7.22. The summed E-state index contributed by atoms with van der Waals surface area (Å²) in [5, 5.41) is 12.6. The Hall–Kier alpha value is -1.07. The highest BCUT2D eigenvalue weighted by Gasteiger charge is 2.26. The second-order valence-corrected chi connectivity index (χ2v) is 6.67. The van der Waals surface area contributed by atoms with Crippen LogP contribution in [0.5, 0.6) is 5.75 Å². The maximum Gasteiger partial charge on any atom is 0.265 e. The number of carbonyl (C=O) groups is 1. The van der Waals surface area contributed by atoms with Crippen molar-refractivity contribution in [3.63, 3.8) is 0 Å². The lowest BCUT2D eigenvalue weighted by molar-refractivity contribution is 0.0901. The highest BCUT2D eigenvalue weighted by molar-refractivity contribution is 7.14. The van der Waals surface area contributed by atoms with Crippen molar-refractivity contribution in [2.24, 2.45) is 5.92 Å². The van der Waals surface area contributed by atoms with Crippen LogP contribution < -0.4 is 10.1 Å². The molecular weight excluding hydrogens is 274 g/mol. The van der Waals surface area contributed by atoms with Gasteiger partial charge in [-0.15, -0.1) is 11.3 Å². The van der Waals surface area contributed by atoms with Crippen LogP contribution in [0.25, 0.3) is 0 Å². The Morgan fingerprint density at radius 3 is 2.90 bits per heavy atom. The van der Waals surface area contributed by atoms with Crippen molar-refractivity contribution < 1.29 is 14.6 Å². The van der Waals surface area contributed by atoms with Crippen LogP contribution in [0, 0.1) is 12.8 Å². The van der Waals surface area contributed by atoms with E-state index < -0.39 is 0 Å². The van der Waals surface area contributed by atoms with Gasteiger partial charge in [0.25, 0.3) is 5.91 Å². The first kappa shape index (κ1) is 15.3. The number of rotatable bonds is 4. The molecule has 0 bridgehead atoms. The van der Waals surface area contributed by atoms with Crippen molar-refractivity contribution in [1.82, 2.24) is 5.32 Å². The molecule has 20 heavy (non-hydrogen) atoms. The summed E-state index contributed by atoms with van der Waals surface area (Å²) in [7, 11) is 1.58. The minimum absolute atomic E-state index is 0.0714. The molecule has 0 spiro atoms. The Labute approximate surface area is 124 Å². The molecule has 4 nitrogen and oxygen atoms in total. The van der Waals surface area contributed by atoms with Crippen molar-refractivity contribution >= 4 is 17.2 Å². The van der Waals surface area contributed by atoms with Crippen molar-refractivity contribution in [2.75, 3.05) is 13.7 Å². The Balaban J connectivity index is 2.08. The molecule has 2 rings (SSSR count). The Morgan fingerprint density at radius 2 is 2.20 bits per heavy atom. The summed E-state index contributed by atoms with van der Waals surface area (Å²) in [5.41, 5.74) is 0. The van der Waals surface area contributed by atoms with E-state index in [2.05, 4.69) is 5.32 Å². The molecule has 1 aromatic heterocycles. The van der Waals surface area contributed by atoms with Crippen molar-refractivity contribution in [1.29, 1.82) is 0 Å². The second kappa shape index (κ2) is 7.09. The van der Waals surface area contributed by atoms with Crippen LogP contribution >= 0.6 is 11.3 Å². The van der Waals surface area contributed by atoms with Crippen LogP contribution in [-0.4, -0.2) is 30.8 Å². The first-order valence-corrected chi connectivity index (χ1v) is 8.03. The number of thiophene rings is 1. The molecule has 1 saturated carbocycles. The molecule has 1 amide bonds. The van der Waals surface area contributed by atoms with E-state index in [4.69, 9.17) is 4.74 Å². The van der Waals surface area contributed by atoms with Gasteiger partial charge in [-0.1, -0.05) is 19.3 Å². The first-order chi connectivity index (χ1) is 9.65. The van der Waals surface area contributed by atoms with Gasteiger partial charge < -0.3 is 15.2 Å². The zero-order valence-corrected chi connectivity index (χ0v) is 13.0. The van der Waals surface area contributed by atoms with Gasteiger partial charge in [-0.05, 0) is 25.8 Å². The molecular formula is C15H23NO3S. The van der Waals surface area contributed by atoms with E-state index in [1.807, 2.05) is 13.0 Å². The number of amides is 1. The number of methoxy groups -OCH3 is 1. The molecule has 2 N–H and O–H groups in total. The lowest BCUT2D eigenvalue weighted by Crippen LogP contribution is -2.41. The third-order valence-corrected chi connectivity index (χ3v) is 4.99. The van der Waals surface area contributed by atoms with E-state index in [1.165, 1.54) is 17.8 Å². The molecule has 0 saturated heterocycles. The fourth-order valence-electron chi connectivity index (χ4n) is 2.83. The summed E-state index contributed by atoms with van der Waals surface area (Å²) in [6.07, 6.45) is 5.37. The summed E-state index contributed by atoms with van der Waals surface area (Å²) in [4.78, 5) is 14.1. The topological polar surface area (TPSA) is 58.6 Å². The lowest BCUT2D eigenvalue weighted by atomic mass is 9.95. The largest absolute Gasteiger partial charge is 0.495 e. The van der Waals surface area contributed by atoms with Gasteiger partial charge in [0.2, 0.25) is 0 Å². The molecule has 112 valence electrons. The van der Waals surface area contributed by atoms with Crippen LogP contribution in [0.2, 0.25) is 0 Å². The molecule has 0 aliphatic heterocycles. The zero-order chi connectivity index (χ0) is 14.5. The molecule has 1 fully saturated rings. The number of aryl methyl sites for hydroxylation is 1. The van der Waals surface area contributed by atoms with Crippen LogP contribution in [0.1, 0.15) is 46.7 Å². The normalized spacial score (nSPS) is 23.1. The van der Waals surface area contributed by atoms with Gasteiger partial charge in [-0.3, -0.25) is 4.79 Å². The van der Waals surface area contributed by atoms with E-state index in [-0.39, 0.29) is 24.5 Å². The van der Waals surface area contributed by atoms with Gasteiger partial charge in [0.1, 0.15) is 10.6 Å². The number of aliphatic hydroxyl groups is 1. The summed E-state index contributed by atoms with van der Waals surface area (Å²) in [5.74, 6) is 0.734. The van der Waals surface area contributed by atoms with E-state index in [0.717, 1.165) is 30.6 Å². The van der Waals surface area contributed by atoms with Gasteiger partial charge in [-0.25, -0.2) is 0 Å². The molecule has 1 aromatic rings. The monoisotopic (exact) mass is 297 g/mol. The zero-order valence-electron chi connectivity index (χ0n) is 12.1. The smallest absolute Gasteiger partial charge is 0.265 e. The van der Waals surface area contributed by atoms with E-state index in [1.54, 1.807) is 7.11 Å². The third kappa shape index (κ3) is 3.52. The second-order valence-electron chi connectivity index (χ2n) is 5.42. The average Bonchev–Trinajstić information content (AvgIpc) is 2.68. The predicted molar refractivity (Wildman–Crippen MR) is 80.5 cm³/mol. The van der Waals surface area contributed by atoms with Gasteiger partial charge in [-0.2, -0.15) is 0 Å². The van der Waals surface area contributed by atoms with Gasteiger partial charge >= 0.3 is 0 Å². The molecule has 1 heterocycles. The Morgan fingerprint density at radius 1 is 1.45 bits per heavy atom. The Kier molecular flexibility index (Phi) is 5.43. The summed E-state index contributed by atoms with van der Waals surface area (Å²) in [6.45, 7) is 2.11. The fourth-order valence-corrected chi connectivity index (χ4v) is 3.71. The maximum absolute atomic E-state index is 12.4. The standard InChI is InChI=1S/C15H23NO3S/c1-10-8-13(19-2)14(20-10)15(18)16-12-7-5-3-4-6-11(12)9-17/h8,11-12,17H,3-7,9H2,1-2H3,(H,16,18). The van der Waals surface area contributed by atoms with Crippen molar-refractivity contribution in [3.8, 4) is 5.75 Å². The van der Waals surface area contributed by atoms with Gasteiger partial charge in [0.15, 0.2) is 0 Å². The van der Waals surface area contributed by atoms with Gasteiger partial charge in [0, 0.05) is 23.4 Å².